The number of pyridine rings is 1. The summed E-state index contributed by atoms with van der Waals surface area (Å²) in [5.41, 5.74) is 1.47. The van der Waals surface area contributed by atoms with Gasteiger partial charge in [-0.3, -0.25) is 9.78 Å². The second-order valence-corrected chi connectivity index (χ2v) is 3.75. The van der Waals surface area contributed by atoms with Crippen molar-refractivity contribution in [3.05, 3.63) is 42.1 Å². The molecule has 0 bridgehead atoms. The number of nitrogens with zero attached hydrogens (tertiary/aromatic N) is 1. The Kier molecular flexibility index (Phi) is 3.35. The molecule has 4 heteroatoms. The molecule has 0 saturated carbocycles. The van der Waals surface area contributed by atoms with Crippen molar-refractivity contribution >= 4 is 16.9 Å². The lowest BCUT2D eigenvalue weighted by Gasteiger charge is -2.10. The van der Waals surface area contributed by atoms with E-state index in [1.54, 1.807) is 18.3 Å². The topological polar surface area (TPSA) is 59.4 Å². The standard InChI is InChI=1S/C13H13NO3/c1-17-13(16)8-12(15)10-5-4-9-3-2-6-14-11(9)7-10/h2-7,12,15H,8H2,1H3/t12-/m0/s1. The lowest BCUT2D eigenvalue weighted by molar-refractivity contribution is -0.142. The maximum Gasteiger partial charge on any atom is 0.308 e. The van der Waals surface area contributed by atoms with Crippen LogP contribution in [0.2, 0.25) is 0 Å². The smallest absolute Gasteiger partial charge is 0.308 e. The predicted molar refractivity (Wildman–Crippen MR) is 63.3 cm³/mol. The van der Waals surface area contributed by atoms with Crippen LogP contribution < -0.4 is 0 Å². The molecule has 2 aromatic rings. The molecule has 4 nitrogen and oxygen atoms in total. The van der Waals surface area contributed by atoms with Crippen molar-refractivity contribution in [1.82, 2.24) is 4.98 Å². The first-order valence-corrected chi connectivity index (χ1v) is 5.30. The third kappa shape index (κ3) is 2.60. The average molecular weight is 231 g/mol. The van der Waals surface area contributed by atoms with Crippen molar-refractivity contribution < 1.29 is 14.6 Å². The van der Waals surface area contributed by atoms with Gasteiger partial charge in [-0.05, 0) is 17.7 Å². The molecule has 88 valence electrons. The summed E-state index contributed by atoms with van der Waals surface area (Å²) in [6.07, 6.45) is 0.794. The molecule has 0 spiro atoms. The number of esters is 1. The Morgan fingerprint density at radius 1 is 1.47 bits per heavy atom. The fraction of sp³-hybridized carbons (Fsp3) is 0.231. The quantitative estimate of drug-likeness (QED) is 0.819. The zero-order chi connectivity index (χ0) is 12.3. The summed E-state index contributed by atoms with van der Waals surface area (Å²) in [5.74, 6) is -0.432. The Morgan fingerprint density at radius 3 is 3.06 bits per heavy atom. The molecule has 0 saturated heterocycles. The Morgan fingerprint density at radius 2 is 2.29 bits per heavy atom. The summed E-state index contributed by atoms with van der Waals surface area (Å²) < 4.78 is 4.52. The predicted octanol–water partition coefficient (Wildman–Crippen LogP) is 1.83. The van der Waals surface area contributed by atoms with Gasteiger partial charge < -0.3 is 9.84 Å². The minimum atomic E-state index is -0.853. The highest BCUT2D eigenvalue weighted by Gasteiger charge is 2.13. The Balaban J connectivity index is 2.26. The van der Waals surface area contributed by atoms with Gasteiger partial charge in [0.15, 0.2) is 0 Å². The summed E-state index contributed by atoms with van der Waals surface area (Å²) in [6, 6.07) is 9.24. The highest BCUT2D eigenvalue weighted by atomic mass is 16.5. The molecule has 0 unspecified atom stereocenters. The second-order valence-electron chi connectivity index (χ2n) is 3.75. The molecule has 0 amide bonds. The van der Waals surface area contributed by atoms with E-state index in [2.05, 4.69) is 9.72 Å². The zero-order valence-electron chi connectivity index (χ0n) is 9.46. The maximum absolute atomic E-state index is 11.1. The summed E-state index contributed by atoms with van der Waals surface area (Å²) in [6.45, 7) is 0. The van der Waals surface area contributed by atoms with Crippen LogP contribution in [0.4, 0.5) is 0 Å². The van der Waals surface area contributed by atoms with E-state index in [0.29, 0.717) is 5.56 Å². The van der Waals surface area contributed by atoms with E-state index in [4.69, 9.17) is 0 Å². The van der Waals surface area contributed by atoms with E-state index >= 15 is 0 Å². The number of aliphatic hydroxyl groups is 1. The highest BCUT2D eigenvalue weighted by Crippen LogP contribution is 2.21. The zero-order valence-corrected chi connectivity index (χ0v) is 9.46. The first-order chi connectivity index (χ1) is 8.20. The van der Waals surface area contributed by atoms with E-state index in [1.807, 2.05) is 18.2 Å². The Labute approximate surface area is 98.9 Å². The van der Waals surface area contributed by atoms with E-state index in [1.165, 1.54) is 7.11 Å². The van der Waals surface area contributed by atoms with Crippen LogP contribution in [0.3, 0.4) is 0 Å². The van der Waals surface area contributed by atoms with Gasteiger partial charge in [-0.15, -0.1) is 0 Å². The molecular weight excluding hydrogens is 218 g/mol. The van der Waals surface area contributed by atoms with Gasteiger partial charge in [-0.1, -0.05) is 18.2 Å². The molecule has 0 radical (unpaired) electrons. The summed E-state index contributed by atoms with van der Waals surface area (Å²) in [7, 11) is 1.30. The van der Waals surface area contributed by atoms with Gasteiger partial charge in [-0.25, -0.2) is 0 Å². The monoisotopic (exact) mass is 231 g/mol. The largest absolute Gasteiger partial charge is 0.469 e. The van der Waals surface area contributed by atoms with Crippen molar-refractivity contribution in [2.45, 2.75) is 12.5 Å². The minimum absolute atomic E-state index is 0.0468. The molecule has 1 atom stereocenters. The number of hydrogen-bond donors (Lipinski definition) is 1. The number of ether oxygens (including phenoxy) is 1. The first-order valence-electron chi connectivity index (χ1n) is 5.30. The van der Waals surface area contributed by atoms with Crippen molar-refractivity contribution in [3.63, 3.8) is 0 Å². The fourth-order valence-electron chi connectivity index (χ4n) is 1.65. The van der Waals surface area contributed by atoms with Gasteiger partial charge in [0.1, 0.15) is 0 Å². The van der Waals surface area contributed by atoms with Crippen molar-refractivity contribution in [1.29, 1.82) is 0 Å². The van der Waals surface area contributed by atoms with Crippen molar-refractivity contribution in [3.8, 4) is 0 Å². The number of carbonyl (C=O) groups excluding carboxylic acids is 1. The van der Waals surface area contributed by atoms with E-state index in [-0.39, 0.29) is 6.42 Å². The van der Waals surface area contributed by atoms with E-state index in [9.17, 15) is 9.90 Å². The maximum atomic E-state index is 11.1. The number of benzene rings is 1. The molecule has 2 rings (SSSR count). The molecule has 0 fully saturated rings. The Hall–Kier alpha value is -1.94. The highest BCUT2D eigenvalue weighted by molar-refractivity contribution is 5.79. The van der Waals surface area contributed by atoms with Crippen LogP contribution in [-0.4, -0.2) is 23.2 Å². The number of hydrogen-bond acceptors (Lipinski definition) is 4. The van der Waals surface area contributed by atoms with Crippen LogP contribution in [0.15, 0.2) is 36.5 Å². The van der Waals surface area contributed by atoms with Crippen LogP contribution in [0, 0.1) is 0 Å². The lowest BCUT2D eigenvalue weighted by atomic mass is 10.0. The van der Waals surface area contributed by atoms with E-state index < -0.39 is 12.1 Å². The van der Waals surface area contributed by atoms with Gasteiger partial charge in [0.2, 0.25) is 0 Å². The molecule has 1 aromatic heterocycles. The van der Waals surface area contributed by atoms with Crippen LogP contribution in [0.25, 0.3) is 10.9 Å². The van der Waals surface area contributed by atoms with E-state index in [0.717, 1.165) is 10.9 Å². The van der Waals surface area contributed by atoms with Crippen LogP contribution in [0.1, 0.15) is 18.1 Å². The van der Waals surface area contributed by atoms with Crippen molar-refractivity contribution in [2.24, 2.45) is 0 Å². The number of aromatic nitrogens is 1. The van der Waals surface area contributed by atoms with Gasteiger partial charge in [0.05, 0.1) is 25.2 Å². The van der Waals surface area contributed by atoms with Crippen LogP contribution in [0.5, 0.6) is 0 Å². The lowest BCUT2D eigenvalue weighted by Crippen LogP contribution is -2.08. The average Bonchev–Trinajstić information content (AvgIpc) is 2.38. The number of aliphatic hydroxyl groups excluding tert-OH is 1. The molecule has 0 aliphatic heterocycles. The van der Waals surface area contributed by atoms with Crippen LogP contribution >= 0.6 is 0 Å². The molecular formula is C13H13NO3. The SMILES string of the molecule is COC(=O)C[C@H](O)c1ccc2cccnc2c1. The molecule has 17 heavy (non-hydrogen) atoms. The number of rotatable bonds is 3. The van der Waals surface area contributed by atoms with Crippen LogP contribution in [-0.2, 0) is 9.53 Å². The third-order valence-electron chi connectivity index (χ3n) is 2.60. The number of carbonyl (C=O) groups is 1. The fourth-order valence-corrected chi connectivity index (χ4v) is 1.65. The molecule has 0 aliphatic rings. The number of methoxy groups -OCH3 is 1. The Bertz CT molecular complexity index is 539. The summed E-state index contributed by atoms with van der Waals surface area (Å²) in [4.78, 5) is 15.3. The second kappa shape index (κ2) is 4.93. The summed E-state index contributed by atoms with van der Waals surface area (Å²) >= 11 is 0. The van der Waals surface area contributed by atoms with Gasteiger partial charge in [0, 0.05) is 11.6 Å². The third-order valence-corrected chi connectivity index (χ3v) is 2.60. The molecule has 1 heterocycles. The van der Waals surface area contributed by atoms with Gasteiger partial charge >= 0.3 is 5.97 Å². The summed E-state index contributed by atoms with van der Waals surface area (Å²) in [5, 5.41) is 10.9. The molecule has 1 N–H and O–H groups in total. The van der Waals surface area contributed by atoms with Gasteiger partial charge in [-0.2, -0.15) is 0 Å². The van der Waals surface area contributed by atoms with Gasteiger partial charge in [0.25, 0.3) is 0 Å². The minimum Gasteiger partial charge on any atom is -0.469 e. The normalized spacial score (nSPS) is 12.4. The molecule has 1 aromatic carbocycles. The molecule has 0 aliphatic carbocycles. The number of fused-ring (bicyclic) bond motifs is 1. The first kappa shape index (κ1) is 11.5. The van der Waals surface area contributed by atoms with Crippen molar-refractivity contribution in [2.75, 3.05) is 7.11 Å².